The largest absolute Gasteiger partial charge is 0.501 e. The van der Waals surface area contributed by atoms with Crippen LogP contribution in [0.25, 0.3) is 0 Å². The molecule has 0 aliphatic carbocycles. The van der Waals surface area contributed by atoms with Gasteiger partial charge in [-0.25, -0.2) is 10.4 Å². The minimum absolute atomic E-state index is 0.0645. The van der Waals surface area contributed by atoms with Gasteiger partial charge in [0.05, 0.1) is 12.9 Å². The van der Waals surface area contributed by atoms with Crippen molar-refractivity contribution < 1.29 is 4.74 Å². The predicted octanol–water partition coefficient (Wildman–Crippen LogP) is 0.608. The van der Waals surface area contributed by atoms with Crippen molar-refractivity contribution in [2.24, 2.45) is 5.84 Å². The van der Waals surface area contributed by atoms with E-state index in [1.165, 1.54) is 0 Å². The lowest BCUT2D eigenvalue weighted by Crippen LogP contribution is -2.31. The first kappa shape index (κ1) is 9.23. The number of ether oxygens (including phenoxy) is 1. The average molecular weight is 194 g/mol. The summed E-state index contributed by atoms with van der Waals surface area (Å²) in [6.45, 7) is 0.791. The highest BCUT2D eigenvalue weighted by molar-refractivity contribution is 5.16. The van der Waals surface area contributed by atoms with Gasteiger partial charge in [-0.15, -0.1) is 0 Å². The molecule has 0 fully saturated rings. The third-order valence-corrected chi connectivity index (χ3v) is 2.29. The molecule has 1 atom stereocenters. The van der Waals surface area contributed by atoms with Crippen molar-refractivity contribution in [1.82, 2.24) is 15.4 Å². The van der Waals surface area contributed by atoms with E-state index in [2.05, 4.69) is 15.4 Å². The first-order chi connectivity index (χ1) is 6.92. The number of hydrogen-bond donors (Lipinski definition) is 3. The highest BCUT2D eigenvalue weighted by atomic mass is 16.5. The Bertz CT molecular complexity index is 307. The molecule has 76 valence electrons. The van der Waals surface area contributed by atoms with Gasteiger partial charge < -0.3 is 9.72 Å². The van der Waals surface area contributed by atoms with Crippen molar-refractivity contribution >= 4 is 0 Å². The molecule has 1 aromatic heterocycles. The van der Waals surface area contributed by atoms with Crippen LogP contribution in [-0.2, 0) is 4.74 Å². The molecule has 0 spiro atoms. The Morgan fingerprint density at radius 1 is 1.64 bits per heavy atom. The topological polar surface area (TPSA) is 76.0 Å². The number of nitrogens with one attached hydrogen (secondary N) is 2. The summed E-state index contributed by atoms with van der Waals surface area (Å²) in [5.74, 6) is 6.31. The van der Waals surface area contributed by atoms with Crippen LogP contribution in [0.3, 0.4) is 0 Å². The van der Waals surface area contributed by atoms with Crippen molar-refractivity contribution in [1.29, 1.82) is 0 Å². The standard InChI is InChI=1S/C9H14N4O/c10-13-8(9-11-3-4-12-9)7-2-1-5-14-6-7/h3-4,6,8,13H,1-2,5,10H2,(H,11,12). The zero-order chi connectivity index (χ0) is 9.80. The minimum Gasteiger partial charge on any atom is -0.501 e. The van der Waals surface area contributed by atoms with E-state index in [0.29, 0.717) is 0 Å². The first-order valence-corrected chi connectivity index (χ1v) is 4.68. The summed E-state index contributed by atoms with van der Waals surface area (Å²) in [6.07, 6.45) is 7.30. The summed E-state index contributed by atoms with van der Waals surface area (Å²) in [5.41, 5.74) is 3.87. The highest BCUT2D eigenvalue weighted by Crippen LogP contribution is 2.24. The van der Waals surface area contributed by atoms with Gasteiger partial charge in [0, 0.05) is 12.4 Å². The lowest BCUT2D eigenvalue weighted by Gasteiger charge is -2.20. The fourth-order valence-corrected chi connectivity index (χ4v) is 1.59. The van der Waals surface area contributed by atoms with E-state index in [9.17, 15) is 0 Å². The quantitative estimate of drug-likeness (QED) is 0.486. The minimum atomic E-state index is -0.0645. The number of imidazole rings is 1. The van der Waals surface area contributed by atoms with Crippen LogP contribution in [0.15, 0.2) is 24.2 Å². The second-order valence-electron chi connectivity index (χ2n) is 3.24. The molecule has 0 aromatic carbocycles. The molecule has 5 nitrogen and oxygen atoms in total. The number of nitrogens with two attached hydrogens (primary N) is 1. The predicted molar refractivity (Wildman–Crippen MR) is 51.9 cm³/mol. The van der Waals surface area contributed by atoms with Gasteiger partial charge in [-0.1, -0.05) is 0 Å². The molecule has 5 heteroatoms. The number of aromatic nitrogens is 2. The number of hydrazine groups is 1. The third-order valence-electron chi connectivity index (χ3n) is 2.29. The van der Waals surface area contributed by atoms with Gasteiger partial charge in [-0.05, 0) is 18.4 Å². The van der Waals surface area contributed by atoms with E-state index in [1.807, 2.05) is 0 Å². The van der Waals surface area contributed by atoms with Gasteiger partial charge in [0.1, 0.15) is 11.9 Å². The summed E-state index contributed by atoms with van der Waals surface area (Å²) in [7, 11) is 0. The van der Waals surface area contributed by atoms with Gasteiger partial charge in [-0.2, -0.15) is 0 Å². The average Bonchev–Trinajstić information content (AvgIpc) is 2.74. The van der Waals surface area contributed by atoms with Crippen LogP contribution in [0, 0.1) is 0 Å². The maximum absolute atomic E-state index is 5.49. The summed E-state index contributed by atoms with van der Waals surface area (Å²) in [4.78, 5) is 7.20. The molecule has 2 heterocycles. The summed E-state index contributed by atoms with van der Waals surface area (Å²) >= 11 is 0. The third kappa shape index (κ3) is 1.78. The molecule has 0 saturated carbocycles. The summed E-state index contributed by atoms with van der Waals surface area (Å²) < 4.78 is 5.26. The fourth-order valence-electron chi connectivity index (χ4n) is 1.59. The molecule has 4 N–H and O–H groups in total. The van der Waals surface area contributed by atoms with Crippen LogP contribution in [-0.4, -0.2) is 16.6 Å². The van der Waals surface area contributed by atoms with E-state index >= 15 is 0 Å². The van der Waals surface area contributed by atoms with Crippen LogP contribution in [0.4, 0.5) is 0 Å². The molecule has 1 aliphatic heterocycles. The van der Waals surface area contributed by atoms with Gasteiger partial charge in [0.2, 0.25) is 0 Å². The Morgan fingerprint density at radius 3 is 3.14 bits per heavy atom. The Labute approximate surface area is 82.3 Å². The lowest BCUT2D eigenvalue weighted by atomic mass is 10.0. The number of aromatic amines is 1. The molecule has 14 heavy (non-hydrogen) atoms. The van der Waals surface area contributed by atoms with Crippen molar-refractivity contribution in [2.75, 3.05) is 6.61 Å². The van der Waals surface area contributed by atoms with Gasteiger partial charge >= 0.3 is 0 Å². The molecule has 2 rings (SSSR count). The lowest BCUT2D eigenvalue weighted by molar-refractivity contribution is 0.219. The molecule has 0 amide bonds. The fraction of sp³-hybridized carbons (Fsp3) is 0.444. The Balaban J connectivity index is 2.16. The van der Waals surface area contributed by atoms with Crippen molar-refractivity contribution in [3.05, 3.63) is 30.1 Å². The van der Waals surface area contributed by atoms with Crippen LogP contribution in [0.5, 0.6) is 0 Å². The molecule has 1 aromatic rings. The van der Waals surface area contributed by atoms with E-state index in [4.69, 9.17) is 10.6 Å². The van der Waals surface area contributed by atoms with Gasteiger partial charge in [0.25, 0.3) is 0 Å². The van der Waals surface area contributed by atoms with Crippen molar-refractivity contribution in [2.45, 2.75) is 18.9 Å². The number of H-pyrrole nitrogens is 1. The molecule has 0 saturated heterocycles. The van der Waals surface area contributed by atoms with Crippen LogP contribution >= 0.6 is 0 Å². The Kier molecular flexibility index (Phi) is 2.81. The number of rotatable bonds is 3. The van der Waals surface area contributed by atoms with E-state index in [1.54, 1.807) is 18.7 Å². The number of nitrogens with zero attached hydrogens (tertiary/aromatic N) is 1. The van der Waals surface area contributed by atoms with E-state index in [-0.39, 0.29) is 6.04 Å². The van der Waals surface area contributed by atoms with Crippen LogP contribution < -0.4 is 11.3 Å². The molecular formula is C9H14N4O. The maximum Gasteiger partial charge on any atom is 0.128 e. The van der Waals surface area contributed by atoms with Gasteiger partial charge in [0.15, 0.2) is 0 Å². The Hall–Kier alpha value is -1.33. The zero-order valence-corrected chi connectivity index (χ0v) is 7.86. The normalized spacial score (nSPS) is 18.5. The SMILES string of the molecule is NNC(C1=COCCC1)c1ncc[nH]1. The monoisotopic (exact) mass is 194 g/mol. The second-order valence-corrected chi connectivity index (χ2v) is 3.24. The molecular weight excluding hydrogens is 180 g/mol. The molecule has 1 unspecified atom stereocenters. The molecule has 0 radical (unpaired) electrons. The van der Waals surface area contributed by atoms with E-state index < -0.39 is 0 Å². The Morgan fingerprint density at radius 2 is 2.57 bits per heavy atom. The second kappa shape index (κ2) is 4.26. The van der Waals surface area contributed by atoms with E-state index in [0.717, 1.165) is 30.8 Å². The maximum atomic E-state index is 5.49. The smallest absolute Gasteiger partial charge is 0.128 e. The van der Waals surface area contributed by atoms with Crippen molar-refractivity contribution in [3.63, 3.8) is 0 Å². The van der Waals surface area contributed by atoms with Crippen LogP contribution in [0.1, 0.15) is 24.7 Å². The summed E-state index contributed by atoms with van der Waals surface area (Å²) in [6, 6.07) is -0.0645. The van der Waals surface area contributed by atoms with Crippen LogP contribution in [0.2, 0.25) is 0 Å². The molecule has 1 aliphatic rings. The van der Waals surface area contributed by atoms with Gasteiger partial charge in [-0.3, -0.25) is 5.84 Å². The molecule has 0 bridgehead atoms. The van der Waals surface area contributed by atoms with Crippen molar-refractivity contribution in [3.8, 4) is 0 Å². The highest BCUT2D eigenvalue weighted by Gasteiger charge is 2.19. The first-order valence-electron chi connectivity index (χ1n) is 4.68. The summed E-state index contributed by atoms with van der Waals surface area (Å²) in [5, 5.41) is 0. The zero-order valence-electron chi connectivity index (χ0n) is 7.86. The number of hydrogen-bond acceptors (Lipinski definition) is 4.